The number of rotatable bonds is 2. The van der Waals surface area contributed by atoms with Gasteiger partial charge in [0.05, 0.1) is 23.2 Å². The number of ketones is 2. The van der Waals surface area contributed by atoms with Crippen LogP contribution in [0.2, 0.25) is 0 Å². The first-order valence-corrected chi connectivity index (χ1v) is 11.2. The number of carbonyl (C=O) groups excluding carboxylic acids is 2. The fourth-order valence-corrected chi connectivity index (χ4v) is 3.19. The van der Waals surface area contributed by atoms with Crippen molar-refractivity contribution in [3.8, 4) is 0 Å². The monoisotopic (exact) mass is 503 g/mol. The molecular formula is C27H35CrN2O4-. The number of ether oxygens (including phenoxy) is 2. The Kier molecular flexibility index (Phi) is 12.3. The van der Waals surface area contributed by atoms with Crippen molar-refractivity contribution in [2.75, 3.05) is 13.2 Å². The fraction of sp³-hybridized carbons (Fsp3) is 0.370. The Balaban J connectivity index is 0.000000297. The van der Waals surface area contributed by atoms with Crippen LogP contribution in [0.5, 0.6) is 0 Å². The fourth-order valence-electron chi connectivity index (χ4n) is 3.19. The van der Waals surface area contributed by atoms with Gasteiger partial charge in [-0.05, 0) is 36.1 Å². The Morgan fingerprint density at radius 3 is 1.41 bits per heavy atom. The maximum atomic E-state index is 11.5. The standard InChI is InChI=1S/2C12H15NO2.C3H5.Cr/c2*1-8(2)10-7-15-12(13-10)9-5-3-4-6-11(9)14;1-3-2;/h2*3-6,8,10,13H,7H2,1-2H3;3H,1-2H2;/q;;-1;/b12-9+;12-9-;;/t2*10-;;/m11../s1. The van der Waals surface area contributed by atoms with E-state index in [0.29, 0.717) is 60.0 Å². The summed E-state index contributed by atoms with van der Waals surface area (Å²) in [6, 6.07) is 0.610. The first kappa shape index (κ1) is 29.2. The van der Waals surface area contributed by atoms with Gasteiger partial charge in [-0.25, -0.2) is 19.6 Å². The molecule has 0 aromatic carbocycles. The van der Waals surface area contributed by atoms with E-state index in [1.807, 2.05) is 12.2 Å². The molecule has 6 nitrogen and oxygen atoms in total. The molecule has 0 radical (unpaired) electrons. The SMILES string of the molecule is C=C[CH2-].CC(C)[C@H]1CO/C(=C2/C=CC=CC2=O)N1.CC(C)[C@H]1CO/C(=C2\C=CC=CC2=O)N1.[Cr]. The van der Waals surface area contributed by atoms with Gasteiger partial charge in [0.15, 0.2) is 23.3 Å². The Morgan fingerprint density at radius 2 is 1.15 bits per heavy atom. The second-order valence-electron chi connectivity index (χ2n) is 8.55. The zero-order valence-electron chi connectivity index (χ0n) is 20.4. The summed E-state index contributed by atoms with van der Waals surface area (Å²) in [5, 5.41) is 6.48. The van der Waals surface area contributed by atoms with Gasteiger partial charge in [0.1, 0.15) is 13.2 Å². The van der Waals surface area contributed by atoms with Crippen LogP contribution in [-0.4, -0.2) is 36.9 Å². The van der Waals surface area contributed by atoms with Gasteiger partial charge < -0.3 is 20.1 Å². The second kappa shape index (κ2) is 14.4. The van der Waals surface area contributed by atoms with Crippen LogP contribution in [0.1, 0.15) is 27.7 Å². The Labute approximate surface area is 214 Å². The van der Waals surface area contributed by atoms with Crippen LogP contribution >= 0.6 is 0 Å². The third-order valence-electron chi connectivity index (χ3n) is 5.32. The van der Waals surface area contributed by atoms with E-state index in [1.165, 1.54) is 6.08 Å². The van der Waals surface area contributed by atoms with E-state index in [-0.39, 0.29) is 28.9 Å². The average molecular weight is 504 g/mol. The van der Waals surface area contributed by atoms with Crippen molar-refractivity contribution in [3.63, 3.8) is 0 Å². The first-order chi connectivity index (χ1) is 15.8. The molecule has 2 saturated heterocycles. The third-order valence-corrected chi connectivity index (χ3v) is 5.32. The van der Waals surface area contributed by atoms with Gasteiger partial charge >= 0.3 is 0 Å². The minimum Gasteiger partial charge on any atom is -0.476 e. The summed E-state index contributed by atoms with van der Waals surface area (Å²) in [4.78, 5) is 23.1. The van der Waals surface area contributed by atoms with Crippen molar-refractivity contribution >= 4 is 11.6 Å². The summed E-state index contributed by atoms with van der Waals surface area (Å²) >= 11 is 0. The summed E-state index contributed by atoms with van der Waals surface area (Å²) in [6.07, 6.45) is 15.3. The topological polar surface area (TPSA) is 76.7 Å². The van der Waals surface area contributed by atoms with Gasteiger partial charge in [-0.1, -0.05) is 52.0 Å². The zero-order chi connectivity index (χ0) is 24.4. The zero-order valence-corrected chi connectivity index (χ0v) is 21.7. The molecule has 184 valence electrons. The van der Waals surface area contributed by atoms with Gasteiger partial charge in [-0.3, -0.25) is 9.59 Å². The molecule has 2 fully saturated rings. The van der Waals surface area contributed by atoms with Gasteiger partial charge in [0.25, 0.3) is 0 Å². The molecule has 2 N–H and O–H groups in total. The smallest absolute Gasteiger partial charge is 0.198 e. The van der Waals surface area contributed by atoms with E-state index in [1.54, 1.807) is 36.5 Å². The number of nitrogens with one attached hydrogen (secondary N) is 2. The molecule has 7 heteroatoms. The molecule has 0 bridgehead atoms. The Bertz CT molecular complexity index is 851. The van der Waals surface area contributed by atoms with Crippen LogP contribution in [0.3, 0.4) is 0 Å². The van der Waals surface area contributed by atoms with Gasteiger partial charge in [-0.15, -0.1) is 0 Å². The molecule has 2 atom stereocenters. The van der Waals surface area contributed by atoms with Gasteiger partial charge in [0, 0.05) is 17.4 Å². The van der Waals surface area contributed by atoms with E-state index in [2.05, 4.69) is 51.8 Å². The molecule has 0 saturated carbocycles. The van der Waals surface area contributed by atoms with Crippen LogP contribution in [0, 0.1) is 18.8 Å². The van der Waals surface area contributed by atoms with Crippen molar-refractivity contribution in [1.82, 2.24) is 10.6 Å². The molecule has 0 unspecified atom stereocenters. The van der Waals surface area contributed by atoms with Crippen LogP contribution in [0.25, 0.3) is 0 Å². The summed E-state index contributed by atoms with van der Waals surface area (Å²) < 4.78 is 11.0. The maximum Gasteiger partial charge on any atom is 0.198 e. The molecule has 0 spiro atoms. The third kappa shape index (κ3) is 8.16. The van der Waals surface area contributed by atoms with Crippen LogP contribution in [0.4, 0.5) is 0 Å². The quantitative estimate of drug-likeness (QED) is 0.437. The molecular weight excluding hydrogens is 468 g/mol. The molecule has 0 aromatic rings. The maximum absolute atomic E-state index is 11.5. The molecule has 4 aliphatic rings. The predicted octanol–water partition coefficient (Wildman–Crippen LogP) is 4.08. The van der Waals surface area contributed by atoms with Crippen molar-refractivity contribution in [1.29, 1.82) is 0 Å². The van der Waals surface area contributed by atoms with Crippen molar-refractivity contribution < 1.29 is 36.4 Å². The predicted molar refractivity (Wildman–Crippen MR) is 132 cm³/mol. The second-order valence-corrected chi connectivity index (χ2v) is 8.55. The number of hydrogen-bond donors (Lipinski definition) is 2. The number of carbonyl (C=O) groups is 2. The molecule has 2 aliphatic heterocycles. The minimum absolute atomic E-state index is 0. The Morgan fingerprint density at radius 1 is 0.824 bits per heavy atom. The first-order valence-electron chi connectivity index (χ1n) is 11.2. The van der Waals surface area contributed by atoms with Gasteiger partial charge in [0.2, 0.25) is 0 Å². The molecule has 2 aliphatic carbocycles. The molecule has 4 rings (SSSR count). The number of allylic oxidation sites excluding steroid dienone is 11. The van der Waals surface area contributed by atoms with Crippen molar-refractivity contribution in [3.05, 3.63) is 91.1 Å². The Hall–Kier alpha value is -2.88. The van der Waals surface area contributed by atoms with E-state index < -0.39 is 0 Å². The molecule has 0 aromatic heterocycles. The van der Waals surface area contributed by atoms with Crippen LogP contribution in [0.15, 0.2) is 84.2 Å². The van der Waals surface area contributed by atoms with E-state index in [4.69, 9.17) is 9.47 Å². The van der Waals surface area contributed by atoms with Crippen molar-refractivity contribution in [2.24, 2.45) is 11.8 Å². The normalized spacial score (nSPS) is 26.4. The van der Waals surface area contributed by atoms with Crippen LogP contribution < -0.4 is 10.6 Å². The molecule has 0 amide bonds. The summed E-state index contributed by atoms with van der Waals surface area (Å²) in [5.41, 5.74) is 1.25. The largest absolute Gasteiger partial charge is 0.476 e. The van der Waals surface area contributed by atoms with Crippen LogP contribution in [-0.2, 0) is 36.4 Å². The van der Waals surface area contributed by atoms with Crippen molar-refractivity contribution in [2.45, 2.75) is 39.8 Å². The summed E-state index contributed by atoms with van der Waals surface area (Å²) in [6.45, 7) is 16.3. The van der Waals surface area contributed by atoms with Gasteiger partial charge in [-0.2, -0.15) is 0 Å². The molecule has 2 heterocycles. The molecule has 34 heavy (non-hydrogen) atoms. The van der Waals surface area contributed by atoms with E-state index in [0.717, 1.165) is 0 Å². The number of hydrogen-bond acceptors (Lipinski definition) is 6. The average Bonchev–Trinajstić information content (AvgIpc) is 3.46. The van der Waals surface area contributed by atoms with E-state index in [9.17, 15) is 9.59 Å². The summed E-state index contributed by atoms with van der Waals surface area (Å²) in [7, 11) is 0. The van der Waals surface area contributed by atoms with E-state index >= 15 is 0 Å². The minimum atomic E-state index is 0. The summed E-state index contributed by atoms with van der Waals surface area (Å²) in [5.74, 6) is 2.26.